The quantitative estimate of drug-likeness (QED) is 0.390. The molecule has 0 aliphatic heterocycles. The summed E-state index contributed by atoms with van der Waals surface area (Å²) in [7, 11) is -2.12. The van der Waals surface area contributed by atoms with Gasteiger partial charge in [0.1, 0.15) is 11.4 Å². The van der Waals surface area contributed by atoms with Crippen LogP contribution in [0.5, 0.6) is 11.5 Å². The Morgan fingerprint density at radius 1 is 0.920 bits per heavy atom. The van der Waals surface area contributed by atoms with E-state index < -0.39 is 14.3 Å². The van der Waals surface area contributed by atoms with E-state index in [0.29, 0.717) is 11.4 Å². The van der Waals surface area contributed by atoms with Crippen molar-refractivity contribution in [3.8, 4) is 11.5 Å². The molecule has 10 heteroatoms. The topological polar surface area (TPSA) is 107 Å². The van der Waals surface area contributed by atoms with Crippen molar-refractivity contribution < 1.29 is 38.0 Å². The lowest BCUT2D eigenvalue weighted by Gasteiger charge is -2.24. The van der Waals surface area contributed by atoms with E-state index in [1.54, 1.807) is 48.5 Å². The first-order chi connectivity index (χ1) is 11.9. The highest BCUT2D eigenvalue weighted by Gasteiger charge is 2.27. The summed E-state index contributed by atoms with van der Waals surface area (Å²) < 4.78 is 26.6. The third kappa shape index (κ3) is 6.02. The molecule has 0 radical (unpaired) electrons. The highest BCUT2D eigenvalue weighted by Crippen LogP contribution is 2.39. The second-order valence-corrected chi connectivity index (χ2v) is 5.72. The van der Waals surface area contributed by atoms with E-state index in [0.717, 1.165) is 5.23 Å². The number of rotatable bonds is 9. The first kappa shape index (κ1) is 19.2. The molecule has 2 N–H and O–H groups in total. The number of phosphoric acid groups is 1. The normalized spacial score (nSPS) is 12.5. The molecule has 136 valence electrons. The molecule has 0 aliphatic carbocycles. The maximum absolute atomic E-state index is 11.2. The average molecular weight is 371 g/mol. The third-order valence-corrected chi connectivity index (χ3v) is 3.26. The molecule has 2 aromatic rings. The Morgan fingerprint density at radius 3 is 2.12 bits per heavy atom. The first-order valence-corrected chi connectivity index (χ1v) is 8.55. The van der Waals surface area contributed by atoms with Gasteiger partial charge in [-0.05, 0) is 24.3 Å². The zero-order valence-corrected chi connectivity index (χ0v) is 14.4. The van der Waals surface area contributed by atoms with Crippen LogP contribution >= 0.6 is 7.82 Å². The number of anilines is 1. The lowest BCUT2D eigenvalue weighted by atomic mass is 10.3. The Morgan fingerprint density at radius 2 is 1.52 bits per heavy atom. The molecule has 0 bridgehead atoms. The van der Waals surface area contributed by atoms with Gasteiger partial charge in [0.15, 0.2) is 5.75 Å². The second-order valence-electron chi connectivity index (χ2n) is 4.52. The molecule has 9 nitrogen and oxygen atoms in total. The van der Waals surface area contributed by atoms with Crippen molar-refractivity contribution in [2.45, 2.75) is 6.48 Å². The largest absolute Gasteiger partial charge is 0.475 e. The number of hydrogen-bond acceptors (Lipinski definition) is 7. The number of nitrogens with zero attached hydrogens (tertiary/aromatic N) is 1. The Kier molecular flexibility index (Phi) is 6.77. The Bertz CT molecular complexity index is 704. The number of ether oxygens (including phenoxy) is 2. The summed E-state index contributed by atoms with van der Waals surface area (Å²) in [6.45, 7) is -1.71. The van der Waals surface area contributed by atoms with Crippen molar-refractivity contribution in [1.29, 1.82) is 0 Å². The maximum atomic E-state index is 11.2. The predicted molar refractivity (Wildman–Crippen MR) is 87.6 cm³/mol. The van der Waals surface area contributed by atoms with Gasteiger partial charge in [-0.15, -0.1) is 5.23 Å². The van der Waals surface area contributed by atoms with Gasteiger partial charge in [0.2, 0.25) is 0 Å². The molecule has 25 heavy (non-hydrogen) atoms. The Balaban J connectivity index is 2.26. The first-order valence-electron chi connectivity index (χ1n) is 7.02. The molecule has 1 atom stereocenters. The summed E-state index contributed by atoms with van der Waals surface area (Å²) in [6.07, 6.45) is 0. The molecule has 0 amide bonds. The maximum Gasteiger partial charge on any atom is 0.475 e. The van der Waals surface area contributed by atoms with Gasteiger partial charge in [0, 0.05) is 0 Å². The van der Waals surface area contributed by atoms with E-state index in [9.17, 15) is 4.57 Å². The SMILES string of the molecule is CON(OC)c1ccccc1OC(Oc1ccccc1)OP(=O)(O)O. The molecule has 0 spiro atoms. The predicted octanol–water partition coefficient (Wildman–Crippen LogP) is 2.47. The van der Waals surface area contributed by atoms with E-state index in [-0.39, 0.29) is 5.75 Å². The van der Waals surface area contributed by atoms with Gasteiger partial charge in [0.25, 0.3) is 0 Å². The van der Waals surface area contributed by atoms with Crippen LogP contribution in [0.1, 0.15) is 0 Å². The van der Waals surface area contributed by atoms with E-state index in [2.05, 4.69) is 4.52 Å². The highest BCUT2D eigenvalue weighted by molar-refractivity contribution is 7.46. The average Bonchev–Trinajstić information content (AvgIpc) is 2.57. The van der Waals surface area contributed by atoms with Crippen LogP contribution < -0.4 is 14.7 Å². The van der Waals surface area contributed by atoms with E-state index in [4.69, 9.17) is 28.9 Å². The van der Waals surface area contributed by atoms with E-state index in [1.165, 1.54) is 20.3 Å². The second kappa shape index (κ2) is 8.82. The fourth-order valence-corrected chi connectivity index (χ4v) is 2.18. The van der Waals surface area contributed by atoms with Gasteiger partial charge in [-0.1, -0.05) is 30.3 Å². The van der Waals surface area contributed by atoms with Gasteiger partial charge in [0.05, 0.1) is 14.2 Å². The van der Waals surface area contributed by atoms with Gasteiger partial charge >= 0.3 is 14.3 Å². The van der Waals surface area contributed by atoms with Gasteiger partial charge < -0.3 is 19.3 Å². The molecule has 1 unspecified atom stereocenters. The van der Waals surface area contributed by atoms with Crippen LogP contribution in [0.25, 0.3) is 0 Å². The highest BCUT2D eigenvalue weighted by atomic mass is 31.2. The summed E-state index contributed by atoms with van der Waals surface area (Å²) in [5.41, 5.74) is 0.337. The van der Waals surface area contributed by atoms with E-state index in [1.807, 2.05) is 0 Å². The summed E-state index contributed by atoms with van der Waals surface area (Å²) in [6, 6.07) is 14.8. The zero-order chi connectivity index (χ0) is 18.3. The molecule has 0 heterocycles. The number of phosphoric ester groups is 1. The monoisotopic (exact) mass is 371 g/mol. The molecule has 0 saturated carbocycles. The number of para-hydroxylation sites is 3. The van der Waals surface area contributed by atoms with E-state index >= 15 is 0 Å². The molecular formula is C15H18NO8P. The molecule has 0 aliphatic rings. The van der Waals surface area contributed by atoms with Crippen molar-refractivity contribution in [2.75, 3.05) is 19.4 Å². The number of benzene rings is 2. The van der Waals surface area contributed by atoms with Crippen molar-refractivity contribution in [3.63, 3.8) is 0 Å². The van der Waals surface area contributed by atoms with Gasteiger partial charge in [-0.25, -0.2) is 9.09 Å². The lowest BCUT2D eigenvalue weighted by Crippen LogP contribution is -2.28. The standard InChI is InChI=1S/C15H18NO8P/c1-20-16(21-2)13-10-6-7-11-14(13)23-15(24-25(17,18)19)22-12-8-4-3-5-9-12/h3-11,15H,1-2H3,(H2,17,18,19). The molecule has 0 aromatic heterocycles. The molecular weight excluding hydrogens is 353 g/mol. The molecule has 2 aromatic carbocycles. The lowest BCUT2D eigenvalue weighted by molar-refractivity contribution is -0.151. The minimum Gasteiger partial charge on any atom is -0.432 e. The summed E-state index contributed by atoms with van der Waals surface area (Å²) >= 11 is 0. The van der Waals surface area contributed by atoms with Crippen LogP contribution in [0.2, 0.25) is 0 Å². The Labute approximate surface area is 144 Å². The summed E-state index contributed by atoms with van der Waals surface area (Å²) in [5, 5.41) is 1.05. The van der Waals surface area contributed by atoms with Crippen LogP contribution in [-0.2, 0) is 18.8 Å². The Hall–Kier alpha value is -2.13. The van der Waals surface area contributed by atoms with Crippen LogP contribution in [-0.4, -0.2) is 30.5 Å². The van der Waals surface area contributed by atoms with Crippen LogP contribution in [0.15, 0.2) is 54.6 Å². The van der Waals surface area contributed by atoms with Gasteiger partial charge in [-0.3, -0.25) is 9.68 Å². The summed E-state index contributed by atoms with van der Waals surface area (Å²) in [5.74, 6) is 0.453. The molecule has 0 saturated heterocycles. The van der Waals surface area contributed by atoms with Crippen LogP contribution in [0, 0.1) is 0 Å². The minimum absolute atomic E-state index is 0.153. The van der Waals surface area contributed by atoms with Crippen molar-refractivity contribution in [3.05, 3.63) is 54.6 Å². The fourth-order valence-electron chi connectivity index (χ4n) is 1.87. The molecule has 0 fully saturated rings. The fraction of sp³-hybridized carbons (Fsp3) is 0.200. The smallest absolute Gasteiger partial charge is 0.432 e. The summed E-state index contributed by atoms with van der Waals surface area (Å²) in [4.78, 5) is 28.2. The number of hydrogen-bond donors (Lipinski definition) is 2. The minimum atomic E-state index is -4.87. The van der Waals surface area contributed by atoms with Crippen molar-refractivity contribution >= 4 is 13.5 Å². The van der Waals surface area contributed by atoms with Crippen LogP contribution in [0.3, 0.4) is 0 Å². The zero-order valence-electron chi connectivity index (χ0n) is 13.5. The molecule has 2 rings (SSSR count). The third-order valence-electron chi connectivity index (χ3n) is 2.82. The van der Waals surface area contributed by atoms with Gasteiger partial charge in [-0.2, -0.15) is 0 Å². The van der Waals surface area contributed by atoms with Crippen molar-refractivity contribution in [2.24, 2.45) is 0 Å². The van der Waals surface area contributed by atoms with Crippen molar-refractivity contribution in [1.82, 2.24) is 0 Å². The van der Waals surface area contributed by atoms with Crippen LogP contribution in [0.4, 0.5) is 5.69 Å².